The third kappa shape index (κ3) is 9.66. The van der Waals surface area contributed by atoms with Crippen LogP contribution in [0.1, 0.15) is 25.0 Å². The fourth-order valence-electron chi connectivity index (χ4n) is 5.55. The zero-order chi connectivity index (χ0) is 37.8. The molecule has 0 heterocycles. The minimum atomic E-state index is -4.51. The Hall–Kier alpha value is -5.43. The van der Waals surface area contributed by atoms with Gasteiger partial charge in [0.1, 0.15) is 29.8 Å². The largest absolute Gasteiger partial charge is 0.497 e. The quantitative estimate of drug-likeness (QED) is 0.144. The van der Waals surface area contributed by atoms with Gasteiger partial charge in [-0.05, 0) is 53.4 Å². The van der Waals surface area contributed by atoms with Gasteiger partial charge in [-0.2, -0.15) is 0 Å². The van der Waals surface area contributed by atoms with E-state index in [1.807, 2.05) is 50.2 Å². The first-order valence-electron chi connectivity index (χ1n) is 16.7. The highest BCUT2D eigenvalue weighted by atomic mass is 32.2. The molecule has 0 aliphatic carbocycles. The third-order valence-corrected chi connectivity index (χ3v) is 10.1. The number of nitrogens with zero attached hydrogens (tertiary/aromatic N) is 2. The molecular weight excluding hydrogens is 687 g/mol. The van der Waals surface area contributed by atoms with Crippen molar-refractivity contribution in [1.82, 2.24) is 10.2 Å². The Bertz CT molecular complexity index is 1920. The van der Waals surface area contributed by atoms with Gasteiger partial charge in [-0.1, -0.05) is 56.3 Å². The smallest absolute Gasteiger partial charge is 0.265 e. The summed E-state index contributed by atoms with van der Waals surface area (Å²) >= 11 is 0. The van der Waals surface area contributed by atoms with Crippen LogP contribution in [0.4, 0.5) is 5.69 Å². The number of anilines is 1. The summed E-state index contributed by atoms with van der Waals surface area (Å²) in [4.78, 5) is 30.2. The molecule has 52 heavy (non-hydrogen) atoms. The first-order chi connectivity index (χ1) is 24.9. The van der Waals surface area contributed by atoms with Gasteiger partial charge in [0.25, 0.3) is 10.0 Å². The van der Waals surface area contributed by atoms with Gasteiger partial charge in [0.15, 0.2) is 11.5 Å². The van der Waals surface area contributed by atoms with Crippen LogP contribution in [0, 0.1) is 5.92 Å². The SMILES string of the molecule is COc1cccc(CN(C(=O)CN(c2cc(OC)ccc2OC)S(=O)(=O)c2ccc(OC)c(OC)c2)C(Cc2ccccc2)C(=O)NCC(C)C)c1. The molecule has 1 atom stereocenters. The van der Waals surface area contributed by atoms with E-state index < -0.39 is 28.5 Å². The summed E-state index contributed by atoms with van der Waals surface area (Å²) in [5.74, 6) is 0.700. The van der Waals surface area contributed by atoms with Gasteiger partial charge in [0.2, 0.25) is 11.8 Å². The fraction of sp³-hybridized carbons (Fsp3) is 0.333. The van der Waals surface area contributed by atoms with Crippen molar-refractivity contribution in [2.75, 3.05) is 52.9 Å². The number of amides is 2. The second-order valence-electron chi connectivity index (χ2n) is 12.3. The lowest BCUT2D eigenvalue weighted by atomic mass is 10.0. The Morgan fingerprint density at radius 3 is 1.96 bits per heavy atom. The zero-order valence-corrected chi connectivity index (χ0v) is 31.4. The average molecular weight is 734 g/mol. The van der Waals surface area contributed by atoms with Gasteiger partial charge in [0.05, 0.1) is 46.1 Å². The predicted octanol–water partition coefficient (Wildman–Crippen LogP) is 5.34. The number of ether oxygens (including phenoxy) is 5. The van der Waals surface area contributed by atoms with Crippen LogP contribution in [-0.4, -0.2) is 79.8 Å². The van der Waals surface area contributed by atoms with Crippen molar-refractivity contribution in [2.24, 2.45) is 5.92 Å². The Labute approximate surface area is 306 Å². The highest BCUT2D eigenvalue weighted by Crippen LogP contribution is 2.38. The van der Waals surface area contributed by atoms with Crippen LogP contribution in [0.25, 0.3) is 0 Å². The lowest BCUT2D eigenvalue weighted by Gasteiger charge is -2.34. The number of hydrogen-bond donors (Lipinski definition) is 1. The van der Waals surface area contributed by atoms with Crippen molar-refractivity contribution in [2.45, 2.75) is 37.8 Å². The van der Waals surface area contributed by atoms with E-state index in [2.05, 4.69) is 5.32 Å². The summed E-state index contributed by atoms with van der Waals surface area (Å²) in [6, 6.07) is 24.3. The van der Waals surface area contributed by atoms with Crippen LogP contribution in [0.5, 0.6) is 28.7 Å². The summed E-state index contributed by atoms with van der Waals surface area (Å²) in [5.41, 5.74) is 1.55. The molecule has 1 unspecified atom stereocenters. The van der Waals surface area contributed by atoms with Crippen LogP contribution >= 0.6 is 0 Å². The molecule has 0 bridgehead atoms. The average Bonchev–Trinajstić information content (AvgIpc) is 3.16. The molecule has 0 fully saturated rings. The van der Waals surface area contributed by atoms with Crippen LogP contribution in [0.2, 0.25) is 0 Å². The summed E-state index contributed by atoms with van der Waals surface area (Å²) in [5, 5.41) is 2.99. The Morgan fingerprint density at radius 1 is 0.692 bits per heavy atom. The van der Waals surface area contributed by atoms with E-state index in [1.54, 1.807) is 30.3 Å². The standard InChI is InChI=1S/C39H47N3O9S/c1-27(2)24-40-39(44)34(21-28-12-9-8-10-13-28)41(25-29-14-11-15-30(20-29)47-3)38(43)26-42(33-22-31(48-4)16-18-35(33)49-5)52(45,46)32-17-19-36(50-6)37(23-32)51-7/h8-20,22-23,27,34H,21,24-26H2,1-7H3,(H,40,44). The second kappa shape index (κ2) is 18.2. The summed E-state index contributed by atoms with van der Waals surface area (Å²) in [6.45, 7) is 3.61. The molecule has 278 valence electrons. The number of sulfonamides is 1. The molecule has 4 aromatic carbocycles. The maximum absolute atomic E-state index is 14.9. The van der Waals surface area contributed by atoms with E-state index in [-0.39, 0.29) is 46.9 Å². The third-order valence-electron chi connectivity index (χ3n) is 8.32. The Kier molecular flexibility index (Phi) is 13.8. The molecule has 2 amide bonds. The molecule has 0 radical (unpaired) electrons. The monoisotopic (exact) mass is 733 g/mol. The number of nitrogens with one attached hydrogen (secondary N) is 1. The summed E-state index contributed by atoms with van der Waals surface area (Å²) in [6.07, 6.45) is 0.172. The van der Waals surface area contributed by atoms with Gasteiger partial charge in [-0.3, -0.25) is 13.9 Å². The Morgan fingerprint density at radius 2 is 1.33 bits per heavy atom. The molecule has 0 aliphatic heterocycles. The highest BCUT2D eigenvalue weighted by Gasteiger charge is 2.36. The molecule has 0 aliphatic rings. The van der Waals surface area contributed by atoms with Crippen molar-refractivity contribution >= 4 is 27.5 Å². The van der Waals surface area contributed by atoms with Crippen LogP contribution in [-0.2, 0) is 32.6 Å². The molecule has 0 saturated heterocycles. The number of carbonyl (C=O) groups is 2. The molecule has 4 aromatic rings. The normalized spacial score (nSPS) is 11.7. The molecule has 0 saturated carbocycles. The maximum Gasteiger partial charge on any atom is 0.265 e. The number of methoxy groups -OCH3 is 5. The summed E-state index contributed by atoms with van der Waals surface area (Å²) in [7, 11) is 2.72. The van der Waals surface area contributed by atoms with E-state index in [0.717, 1.165) is 9.87 Å². The molecule has 0 spiro atoms. The maximum atomic E-state index is 14.9. The minimum absolute atomic E-state index is 0.0257. The van der Waals surface area contributed by atoms with Crippen molar-refractivity contribution in [3.05, 3.63) is 102 Å². The first-order valence-corrected chi connectivity index (χ1v) is 18.1. The number of hydrogen-bond acceptors (Lipinski definition) is 9. The van der Waals surface area contributed by atoms with Gasteiger partial charge >= 0.3 is 0 Å². The van der Waals surface area contributed by atoms with Gasteiger partial charge in [-0.15, -0.1) is 0 Å². The van der Waals surface area contributed by atoms with E-state index >= 15 is 0 Å². The molecule has 4 rings (SSSR count). The topological polar surface area (TPSA) is 133 Å². The molecular formula is C39H47N3O9S. The fourth-order valence-corrected chi connectivity index (χ4v) is 6.99. The number of rotatable bonds is 18. The van der Waals surface area contributed by atoms with E-state index in [0.29, 0.717) is 29.4 Å². The number of carbonyl (C=O) groups excluding carboxylic acids is 2. The van der Waals surface area contributed by atoms with Crippen molar-refractivity contribution in [1.29, 1.82) is 0 Å². The minimum Gasteiger partial charge on any atom is -0.497 e. The molecule has 13 heteroatoms. The highest BCUT2D eigenvalue weighted by molar-refractivity contribution is 7.92. The van der Waals surface area contributed by atoms with Crippen LogP contribution < -0.4 is 33.3 Å². The Balaban J connectivity index is 1.90. The van der Waals surface area contributed by atoms with E-state index in [9.17, 15) is 18.0 Å². The van der Waals surface area contributed by atoms with Crippen molar-refractivity contribution in [3.63, 3.8) is 0 Å². The van der Waals surface area contributed by atoms with Crippen LogP contribution in [0.3, 0.4) is 0 Å². The molecule has 0 aromatic heterocycles. The van der Waals surface area contributed by atoms with Gasteiger partial charge < -0.3 is 33.9 Å². The van der Waals surface area contributed by atoms with Gasteiger partial charge in [-0.25, -0.2) is 8.42 Å². The predicted molar refractivity (Wildman–Crippen MR) is 199 cm³/mol. The second-order valence-corrected chi connectivity index (χ2v) is 14.1. The van der Waals surface area contributed by atoms with Gasteiger partial charge in [0, 0.05) is 31.6 Å². The van der Waals surface area contributed by atoms with Crippen molar-refractivity contribution < 1.29 is 41.7 Å². The van der Waals surface area contributed by atoms with Crippen LogP contribution in [0.15, 0.2) is 95.9 Å². The molecule has 1 N–H and O–H groups in total. The molecule has 12 nitrogen and oxygen atoms in total. The summed E-state index contributed by atoms with van der Waals surface area (Å²) < 4.78 is 57.6. The first kappa shape index (κ1) is 39.4. The van der Waals surface area contributed by atoms with Crippen molar-refractivity contribution in [3.8, 4) is 28.7 Å². The van der Waals surface area contributed by atoms with E-state index in [1.165, 1.54) is 64.7 Å². The lowest BCUT2D eigenvalue weighted by Crippen LogP contribution is -2.53. The zero-order valence-electron chi connectivity index (χ0n) is 30.6. The number of benzene rings is 4. The van der Waals surface area contributed by atoms with E-state index in [4.69, 9.17) is 23.7 Å². The lowest BCUT2D eigenvalue weighted by molar-refractivity contribution is -0.140.